The molecule has 0 spiro atoms. The van der Waals surface area contributed by atoms with Gasteiger partial charge in [0.05, 0.1) is 12.8 Å². The molecule has 0 unspecified atom stereocenters. The number of nitrogens with zero attached hydrogens (tertiary/aromatic N) is 7. The minimum atomic E-state index is -2.74. The van der Waals surface area contributed by atoms with Gasteiger partial charge in [-0.1, -0.05) is 18.5 Å². The fourth-order valence-electron chi connectivity index (χ4n) is 3.61. The van der Waals surface area contributed by atoms with Crippen molar-refractivity contribution < 1.29 is 18.3 Å². The molecule has 12 heteroatoms. The summed E-state index contributed by atoms with van der Waals surface area (Å²) in [5.41, 5.74) is 0.159. The number of piperidine rings is 1. The van der Waals surface area contributed by atoms with Crippen molar-refractivity contribution in [2.75, 3.05) is 20.2 Å². The number of ether oxygens (including phenoxy) is 1. The smallest absolute Gasteiger partial charge is 0.291 e. The summed E-state index contributed by atoms with van der Waals surface area (Å²) in [5, 5.41) is 4.22. The van der Waals surface area contributed by atoms with Gasteiger partial charge in [0.1, 0.15) is 17.2 Å². The van der Waals surface area contributed by atoms with Crippen LogP contribution in [0.5, 0.6) is 5.88 Å². The quantitative estimate of drug-likeness (QED) is 0.579. The van der Waals surface area contributed by atoms with Crippen molar-refractivity contribution in [3.05, 3.63) is 40.8 Å². The molecule has 30 heavy (non-hydrogen) atoms. The Morgan fingerprint density at radius 1 is 1.30 bits per heavy atom. The summed E-state index contributed by atoms with van der Waals surface area (Å²) in [6.07, 6.45) is -0.811. The van der Waals surface area contributed by atoms with Crippen LogP contribution in [0.4, 0.5) is 8.78 Å². The monoisotopic (exact) mass is 437 g/mol. The number of fused-ring (bicyclic) bond motifs is 1. The van der Waals surface area contributed by atoms with E-state index in [0.29, 0.717) is 18.7 Å². The second kappa shape index (κ2) is 8.05. The number of carbonyl (C=O) groups excluding carboxylic acids is 1. The van der Waals surface area contributed by atoms with Gasteiger partial charge in [0.2, 0.25) is 11.7 Å². The lowest BCUT2D eigenvalue weighted by atomic mass is 9.84. The molecule has 1 aliphatic rings. The van der Waals surface area contributed by atoms with Crippen LogP contribution >= 0.6 is 11.6 Å². The van der Waals surface area contributed by atoms with E-state index in [4.69, 9.17) is 16.3 Å². The third-order valence-electron chi connectivity index (χ3n) is 5.22. The fraction of sp³-hybridized carbons (Fsp3) is 0.444. The zero-order valence-corrected chi connectivity index (χ0v) is 16.9. The van der Waals surface area contributed by atoms with E-state index in [0.717, 1.165) is 0 Å². The number of aromatic nitrogens is 6. The molecule has 0 radical (unpaired) electrons. The molecule has 1 aliphatic heterocycles. The minimum Gasteiger partial charge on any atom is -0.481 e. The molecule has 4 rings (SSSR count). The van der Waals surface area contributed by atoms with Gasteiger partial charge in [-0.2, -0.15) is 15.1 Å². The second-order valence-electron chi connectivity index (χ2n) is 7.06. The van der Waals surface area contributed by atoms with Gasteiger partial charge in [0.25, 0.3) is 18.1 Å². The number of halogens is 3. The van der Waals surface area contributed by atoms with Crippen molar-refractivity contribution in [1.82, 2.24) is 34.4 Å². The number of alkyl halides is 2. The van der Waals surface area contributed by atoms with Gasteiger partial charge in [-0.3, -0.25) is 4.79 Å². The van der Waals surface area contributed by atoms with Crippen molar-refractivity contribution in [2.24, 2.45) is 5.92 Å². The molecule has 0 N–H and O–H groups in total. The molecule has 1 amide bonds. The maximum Gasteiger partial charge on any atom is 0.291 e. The first-order valence-electron chi connectivity index (χ1n) is 9.24. The molecule has 4 heterocycles. The summed E-state index contributed by atoms with van der Waals surface area (Å²) in [5.74, 6) is -0.355. The summed E-state index contributed by atoms with van der Waals surface area (Å²) in [7, 11) is 1.42. The molecule has 0 aromatic carbocycles. The third kappa shape index (κ3) is 3.76. The summed E-state index contributed by atoms with van der Waals surface area (Å²) in [4.78, 5) is 30.5. The second-order valence-corrected chi connectivity index (χ2v) is 7.45. The molecule has 3 aromatic heterocycles. The molecule has 0 bridgehead atoms. The standard InChI is InChI=1S/C18H18ClF2N7O2/c1-9-3-4-27(17(29)16-25-13(19)6-14(26-16)30-2)7-10(9)12-5-11(15(20)21)24-18-22-8-23-28(12)18/h5-6,8-10,15H,3-4,7H2,1-2H3/t9-,10-/m1/s1. The predicted octanol–water partition coefficient (Wildman–Crippen LogP) is 2.78. The zero-order chi connectivity index (χ0) is 21.4. The molecule has 2 atom stereocenters. The summed E-state index contributed by atoms with van der Waals surface area (Å²) in [6, 6.07) is 2.74. The van der Waals surface area contributed by atoms with Crippen molar-refractivity contribution in [3.8, 4) is 5.88 Å². The van der Waals surface area contributed by atoms with Crippen LogP contribution in [-0.4, -0.2) is 60.6 Å². The Bertz CT molecular complexity index is 1090. The van der Waals surface area contributed by atoms with Gasteiger partial charge in [0, 0.05) is 25.1 Å². The minimum absolute atomic E-state index is 0.0819. The Balaban J connectivity index is 1.68. The fourth-order valence-corrected chi connectivity index (χ4v) is 3.78. The van der Waals surface area contributed by atoms with E-state index in [1.165, 1.54) is 30.1 Å². The maximum absolute atomic E-state index is 13.4. The molecule has 0 aliphatic carbocycles. The first-order chi connectivity index (χ1) is 14.4. The van der Waals surface area contributed by atoms with Crippen LogP contribution in [0, 0.1) is 5.92 Å². The number of methoxy groups -OCH3 is 1. The van der Waals surface area contributed by atoms with Gasteiger partial charge in [-0.05, 0) is 18.4 Å². The van der Waals surface area contributed by atoms with Gasteiger partial charge >= 0.3 is 0 Å². The molecule has 1 fully saturated rings. The highest BCUT2D eigenvalue weighted by atomic mass is 35.5. The SMILES string of the molecule is COc1cc(Cl)nc(C(=O)N2CC[C@@H](C)[C@H](c3cc(C(F)F)nc4ncnn34)C2)n1. The molecule has 9 nitrogen and oxygen atoms in total. The third-order valence-corrected chi connectivity index (χ3v) is 5.41. The highest BCUT2D eigenvalue weighted by Gasteiger charge is 2.34. The number of carbonyl (C=O) groups is 1. The summed E-state index contributed by atoms with van der Waals surface area (Å²) < 4.78 is 33.2. The molecular formula is C18H18ClF2N7O2. The Morgan fingerprint density at radius 2 is 2.10 bits per heavy atom. The first-order valence-corrected chi connectivity index (χ1v) is 9.61. The highest BCUT2D eigenvalue weighted by molar-refractivity contribution is 6.29. The van der Waals surface area contributed by atoms with Gasteiger partial charge in [0.15, 0.2) is 0 Å². The van der Waals surface area contributed by atoms with Gasteiger partial charge in [-0.25, -0.2) is 23.3 Å². The molecular weight excluding hydrogens is 420 g/mol. The normalized spacial score (nSPS) is 19.5. The van der Waals surface area contributed by atoms with E-state index >= 15 is 0 Å². The molecule has 3 aromatic rings. The summed E-state index contributed by atoms with van der Waals surface area (Å²) >= 11 is 5.96. The van der Waals surface area contributed by atoms with Gasteiger partial charge < -0.3 is 9.64 Å². The van der Waals surface area contributed by atoms with Gasteiger partial charge in [-0.15, -0.1) is 0 Å². The van der Waals surface area contributed by atoms with E-state index in [2.05, 4.69) is 25.0 Å². The van der Waals surface area contributed by atoms with Crippen molar-refractivity contribution in [3.63, 3.8) is 0 Å². The molecule has 158 valence electrons. The number of hydrogen-bond acceptors (Lipinski definition) is 7. The number of amides is 1. The Morgan fingerprint density at radius 3 is 2.83 bits per heavy atom. The van der Waals surface area contributed by atoms with Crippen LogP contribution in [-0.2, 0) is 0 Å². The molecule has 1 saturated heterocycles. The van der Waals surface area contributed by atoms with Crippen LogP contribution in [0.3, 0.4) is 0 Å². The zero-order valence-electron chi connectivity index (χ0n) is 16.2. The molecule has 0 saturated carbocycles. The number of likely N-dealkylation sites (tertiary alicyclic amines) is 1. The Kier molecular flexibility index (Phi) is 5.46. The lowest BCUT2D eigenvalue weighted by Crippen LogP contribution is -2.43. The van der Waals surface area contributed by atoms with Crippen molar-refractivity contribution >= 4 is 23.3 Å². The maximum atomic E-state index is 13.4. The van der Waals surface area contributed by atoms with Crippen LogP contribution in [0.2, 0.25) is 5.15 Å². The van der Waals surface area contributed by atoms with Crippen LogP contribution < -0.4 is 4.74 Å². The Hall–Kier alpha value is -2.95. The first kappa shape index (κ1) is 20.3. The van der Waals surface area contributed by atoms with E-state index in [-0.39, 0.29) is 46.7 Å². The number of hydrogen-bond donors (Lipinski definition) is 0. The van der Waals surface area contributed by atoms with E-state index in [1.54, 1.807) is 4.90 Å². The van der Waals surface area contributed by atoms with E-state index < -0.39 is 12.3 Å². The van der Waals surface area contributed by atoms with E-state index in [1.807, 2.05) is 6.92 Å². The highest BCUT2D eigenvalue weighted by Crippen LogP contribution is 2.34. The van der Waals surface area contributed by atoms with Crippen molar-refractivity contribution in [2.45, 2.75) is 25.7 Å². The summed E-state index contributed by atoms with van der Waals surface area (Å²) in [6.45, 7) is 2.76. The van der Waals surface area contributed by atoms with Crippen LogP contribution in [0.15, 0.2) is 18.5 Å². The largest absolute Gasteiger partial charge is 0.481 e. The van der Waals surface area contributed by atoms with Crippen LogP contribution in [0.1, 0.15) is 47.7 Å². The van der Waals surface area contributed by atoms with Crippen LogP contribution in [0.25, 0.3) is 5.78 Å². The average Bonchev–Trinajstić information content (AvgIpc) is 3.21. The van der Waals surface area contributed by atoms with E-state index in [9.17, 15) is 13.6 Å². The lowest BCUT2D eigenvalue weighted by molar-refractivity contribution is 0.0652. The number of rotatable bonds is 4. The predicted molar refractivity (Wildman–Crippen MR) is 102 cm³/mol. The lowest BCUT2D eigenvalue weighted by Gasteiger charge is -2.37. The topological polar surface area (TPSA) is 98.4 Å². The Labute approximate surface area is 175 Å². The average molecular weight is 438 g/mol. The van der Waals surface area contributed by atoms with Crippen molar-refractivity contribution in [1.29, 1.82) is 0 Å².